The molecule has 1 amide bonds. The topological polar surface area (TPSA) is 83.0 Å². The van der Waals surface area contributed by atoms with Gasteiger partial charge in [-0.25, -0.2) is 9.78 Å². The van der Waals surface area contributed by atoms with E-state index in [1.54, 1.807) is 18.0 Å². The smallest absolute Gasteiger partial charge is 0.404 e. The number of carbonyl (C=O) groups is 1. The maximum absolute atomic E-state index is 11.2. The summed E-state index contributed by atoms with van der Waals surface area (Å²) in [5, 5.41) is 1.03. The summed E-state index contributed by atoms with van der Waals surface area (Å²) in [6.07, 6.45) is 0.957. The largest absolute Gasteiger partial charge is 0.442 e. The highest BCUT2D eigenvalue weighted by molar-refractivity contribution is 7.99. The fourth-order valence-electron chi connectivity index (χ4n) is 3.15. The first kappa shape index (κ1) is 20.9. The number of nitrogens with two attached hydrogens (primary N) is 1. The number of imidazole rings is 1. The van der Waals surface area contributed by atoms with Crippen LogP contribution < -0.4 is 5.73 Å². The van der Waals surface area contributed by atoms with Crippen molar-refractivity contribution in [3.05, 3.63) is 70.9 Å². The molecule has 0 saturated heterocycles. The standard InChI is InChI=1S/C22H26N4O2S/c1-14(2)20-21(29-18-10-15(3)9-16(4)11-18)26(12-17-7-5-6-8-24-17)19(25-20)13-28-22(23)27/h5-11,14H,12-13H2,1-4H3,(H2,23,27). The van der Waals surface area contributed by atoms with Crippen LogP contribution in [0.15, 0.2) is 52.5 Å². The Labute approximate surface area is 175 Å². The first-order chi connectivity index (χ1) is 13.8. The van der Waals surface area contributed by atoms with Crippen LogP contribution in [0.2, 0.25) is 0 Å². The average molecular weight is 411 g/mol. The van der Waals surface area contributed by atoms with Crippen molar-refractivity contribution < 1.29 is 9.53 Å². The second-order valence-electron chi connectivity index (χ2n) is 7.31. The van der Waals surface area contributed by atoms with Gasteiger partial charge in [0.25, 0.3) is 0 Å². The number of hydrogen-bond donors (Lipinski definition) is 1. The van der Waals surface area contributed by atoms with Crippen LogP contribution in [0.25, 0.3) is 0 Å². The van der Waals surface area contributed by atoms with Gasteiger partial charge >= 0.3 is 6.09 Å². The molecule has 0 aliphatic rings. The van der Waals surface area contributed by atoms with E-state index in [0.29, 0.717) is 12.4 Å². The minimum absolute atomic E-state index is 0.0231. The summed E-state index contributed by atoms with van der Waals surface area (Å²) in [4.78, 5) is 21.6. The van der Waals surface area contributed by atoms with Gasteiger partial charge in [-0.3, -0.25) is 4.98 Å². The summed E-state index contributed by atoms with van der Waals surface area (Å²) >= 11 is 1.67. The predicted molar refractivity (Wildman–Crippen MR) is 114 cm³/mol. The lowest BCUT2D eigenvalue weighted by atomic mass is 10.1. The molecule has 0 unspecified atom stereocenters. The van der Waals surface area contributed by atoms with Crippen molar-refractivity contribution in [3.8, 4) is 0 Å². The van der Waals surface area contributed by atoms with Crippen molar-refractivity contribution in [1.82, 2.24) is 14.5 Å². The zero-order chi connectivity index (χ0) is 21.0. The third kappa shape index (κ3) is 5.38. The molecule has 29 heavy (non-hydrogen) atoms. The number of nitrogens with zero attached hydrogens (tertiary/aromatic N) is 3. The molecule has 0 aliphatic carbocycles. The number of rotatable bonds is 7. The molecule has 0 bridgehead atoms. The Kier molecular flexibility index (Phi) is 6.59. The third-order valence-corrected chi connectivity index (χ3v) is 5.47. The summed E-state index contributed by atoms with van der Waals surface area (Å²) in [6.45, 7) is 8.96. The maximum atomic E-state index is 11.2. The number of primary amides is 1. The van der Waals surface area contributed by atoms with Gasteiger partial charge in [0.15, 0.2) is 6.61 Å². The molecule has 0 saturated carbocycles. The van der Waals surface area contributed by atoms with E-state index in [0.717, 1.165) is 21.3 Å². The van der Waals surface area contributed by atoms with Gasteiger partial charge in [-0.2, -0.15) is 0 Å². The van der Waals surface area contributed by atoms with Crippen molar-refractivity contribution in [3.63, 3.8) is 0 Å². The van der Waals surface area contributed by atoms with Crippen LogP contribution >= 0.6 is 11.8 Å². The van der Waals surface area contributed by atoms with Crippen LogP contribution in [-0.4, -0.2) is 20.6 Å². The predicted octanol–water partition coefficient (Wildman–Crippen LogP) is 4.81. The summed E-state index contributed by atoms with van der Waals surface area (Å²) in [5.74, 6) is 0.866. The molecule has 2 heterocycles. The van der Waals surface area contributed by atoms with Gasteiger partial charge in [0.05, 0.1) is 17.9 Å². The van der Waals surface area contributed by atoms with Gasteiger partial charge < -0.3 is 15.0 Å². The number of ether oxygens (including phenoxy) is 1. The number of benzene rings is 1. The lowest BCUT2D eigenvalue weighted by Crippen LogP contribution is -2.16. The molecule has 3 aromatic rings. The van der Waals surface area contributed by atoms with Crippen molar-refractivity contribution in [1.29, 1.82) is 0 Å². The van der Waals surface area contributed by atoms with Crippen LogP contribution in [0.3, 0.4) is 0 Å². The molecule has 0 fully saturated rings. The van der Waals surface area contributed by atoms with E-state index in [1.807, 2.05) is 18.2 Å². The minimum Gasteiger partial charge on any atom is -0.442 e. The summed E-state index contributed by atoms with van der Waals surface area (Å²) in [5.41, 5.74) is 9.49. The quantitative estimate of drug-likeness (QED) is 0.604. The highest BCUT2D eigenvalue weighted by Gasteiger charge is 2.22. The number of carbonyl (C=O) groups excluding carboxylic acids is 1. The van der Waals surface area contributed by atoms with Gasteiger partial charge in [0.1, 0.15) is 10.9 Å². The van der Waals surface area contributed by atoms with Gasteiger partial charge in [-0.1, -0.05) is 37.7 Å². The molecule has 0 atom stereocenters. The van der Waals surface area contributed by atoms with Gasteiger partial charge in [-0.15, -0.1) is 0 Å². The zero-order valence-electron chi connectivity index (χ0n) is 17.2. The Hall–Kier alpha value is -2.80. The molecular weight excluding hydrogens is 384 g/mol. The van der Waals surface area contributed by atoms with Crippen LogP contribution in [0, 0.1) is 13.8 Å². The van der Waals surface area contributed by atoms with Crippen molar-refractivity contribution in [2.24, 2.45) is 5.73 Å². The average Bonchev–Trinajstić information content (AvgIpc) is 2.97. The molecule has 6 nitrogen and oxygen atoms in total. The number of hydrogen-bond acceptors (Lipinski definition) is 5. The Morgan fingerprint density at radius 2 is 1.93 bits per heavy atom. The van der Waals surface area contributed by atoms with E-state index in [9.17, 15) is 4.79 Å². The lowest BCUT2D eigenvalue weighted by molar-refractivity contribution is 0.145. The Morgan fingerprint density at radius 1 is 1.21 bits per heavy atom. The van der Waals surface area contributed by atoms with Gasteiger partial charge in [0, 0.05) is 11.1 Å². The number of pyridine rings is 1. The summed E-state index contributed by atoms with van der Waals surface area (Å²) in [7, 11) is 0. The first-order valence-corrected chi connectivity index (χ1v) is 10.3. The number of aromatic nitrogens is 3. The van der Waals surface area contributed by atoms with E-state index in [2.05, 4.69) is 55.4 Å². The molecule has 7 heteroatoms. The Morgan fingerprint density at radius 3 is 2.52 bits per heavy atom. The van der Waals surface area contributed by atoms with E-state index >= 15 is 0 Å². The van der Waals surface area contributed by atoms with Crippen LogP contribution in [0.4, 0.5) is 4.79 Å². The Balaban J connectivity index is 2.08. The molecule has 0 aliphatic heterocycles. The molecule has 1 aromatic carbocycles. The monoisotopic (exact) mass is 410 g/mol. The highest BCUT2D eigenvalue weighted by Crippen LogP contribution is 2.36. The molecule has 2 N–H and O–H groups in total. The molecular formula is C22H26N4O2S. The van der Waals surface area contributed by atoms with Crippen LogP contribution in [-0.2, 0) is 17.9 Å². The lowest BCUT2D eigenvalue weighted by Gasteiger charge is -2.14. The SMILES string of the molecule is Cc1cc(C)cc(Sc2c(C(C)C)nc(COC(N)=O)n2Cc2ccccn2)c1. The van der Waals surface area contributed by atoms with Gasteiger partial charge in [-0.05, 0) is 55.2 Å². The second kappa shape index (κ2) is 9.13. The number of aryl methyl sites for hydroxylation is 2. The van der Waals surface area contributed by atoms with Crippen molar-refractivity contribution in [2.45, 2.75) is 56.7 Å². The van der Waals surface area contributed by atoms with E-state index in [4.69, 9.17) is 15.5 Å². The minimum atomic E-state index is -0.813. The maximum Gasteiger partial charge on any atom is 0.404 e. The van der Waals surface area contributed by atoms with Crippen molar-refractivity contribution >= 4 is 17.9 Å². The molecule has 3 rings (SSSR count). The van der Waals surface area contributed by atoms with Gasteiger partial charge in [0.2, 0.25) is 0 Å². The number of amides is 1. The zero-order valence-corrected chi connectivity index (χ0v) is 18.0. The van der Waals surface area contributed by atoms with E-state index in [1.165, 1.54) is 11.1 Å². The van der Waals surface area contributed by atoms with E-state index < -0.39 is 6.09 Å². The molecule has 2 aromatic heterocycles. The molecule has 152 valence electrons. The fourth-order valence-corrected chi connectivity index (χ4v) is 4.53. The van der Waals surface area contributed by atoms with Crippen molar-refractivity contribution in [2.75, 3.05) is 0 Å². The summed E-state index contributed by atoms with van der Waals surface area (Å²) in [6, 6.07) is 12.3. The molecule has 0 spiro atoms. The van der Waals surface area contributed by atoms with E-state index in [-0.39, 0.29) is 12.5 Å². The third-order valence-electron chi connectivity index (χ3n) is 4.37. The van der Waals surface area contributed by atoms with Crippen LogP contribution in [0.1, 0.15) is 48.1 Å². The van der Waals surface area contributed by atoms with Crippen LogP contribution in [0.5, 0.6) is 0 Å². The Bertz CT molecular complexity index is 979. The normalized spacial score (nSPS) is 11.1. The highest BCUT2D eigenvalue weighted by atomic mass is 32.2. The summed E-state index contributed by atoms with van der Waals surface area (Å²) < 4.78 is 7.14. The fraction of sp³-hybridized carbons (Fsp3) is 0.318. The second-order valence-corrected chi connectivity index (χ2v) is 8.38. The molecule has 0 radical (unpaired) electrons. The first-order valence-electron chi connectivity index (χ1n) is 9.51.